The molecule has 8 heteroatoms. The van der Waals surface area contributed by atoms with Crippen molar-refractivity contribution in [2.45, 2.75) is 24.9 Å². The number of carbonyl (C=O) groups is 1. The fourth-order valence-corrected chi connectivity index (χ4v) is 3.83. The molecule has 154 valence electrons. The number of ether oxygens (including phenoxy) is 3. The number of fused-ring (bicyclic) bond motifs is 1. The molecule has 2 atom stereocenters. The van der Waals surface area contributed by atoms with Crippen molar-refractivity contribution in [3.63, 3.8) is 0 Å². The van der Waals surface area contributed by atoms with Crippen molar-refractivity contribution in [2.24, 2.45) is 0 Å². The lowest BCUT2D eigenvalue weighted by Gasteiger charge is -2.20. The van der Waals surface area contributed by atoms with Crippen molar-refractivity contribution in [3.8, 4) is 17.2 Å². The van der Waals surface area contributed by atoms with E-state index in [0.717, 1.165) is 16.9 Å². The van der Waals surface area contributed by atoms with E-state index in [1.54, 1.807) is 7.11 Å². The Morgan fingerprint density at radius 2 is 2.00 bits per heavy atom. The molecule has 4 rings (SSSR count). The Kier molecular flexibility index (Phi) is 6.08. The third-order valence-electron chi connectivity index (χ3n) is 5.11. The number of hydrogen-bond acceptors (Lipinski definition) is 6. The number of carbonyl (C=O) groups excluding carboxylic acids is 1. The molecule has 1 fully saturated rings. The highest BCUT2D eigenvalue weighted by Crippen LogP contribution is 2.38. The van der Waals surface area contributed by atoms with E-state index in [2.05, 4.69) is 16.2 Å². The van der Waals surface area contributed by atoms with Crippen LogP contribution in [0.3, 0.4) is 0 Å². The van der Waals surface area contributed by atoms with Crippen molar-refractivity contribution in [1.29, 1.82) is 0 Å². The van der Waals surface area contributed by atoms with Crippen LogP contribution in [0.2, 0.25) is 5.02 Å². The van der Waals surface area contributed by atoms with Gasteiger partial charge in [-0.1, -0.05) is 23.7 Å². The Bertz CT molecular complexity index is 875. The van der Waals surface area contributed by atoms with E-state index in [-0.39, 0.29) is 18.0 Å². The summed E-state index contributed by atoms with van der Waals surface area (Å²) in [5.74, 6) is 2.04. The highest BCUT2D eigenvalue weighted by atomic mass is 35.5. The highest BCUT2D eigenvalue weighted by Gasteiger charge is 2.29. The zero-order chi connectivity index (χ0) is 20.2. The van der Waals surface area contributed by atoms with Gasteiger partial charge in [0.15, 0.2) is 11.5 Å². The van der Waals surface area contributed by atoms with Gasteiger partial charge >= 0.3 is 0 Å². The molecule has 2 aromatic rings. The number of benzene rings is 2. The fraction of sp³-hybridized carbons (Fsp3) is 0.381. The number of nitrogens with one attached hydrogen (secondary N) is 3. The molecule has 1 saturated heterocycles. The highest BCUT2D eigenvalue weighted by molar-refractivity contribution is 6.32. The number of halogens is 1. The fourth-order valence-electron chi connectivity index (χ4n) is 3.54. The van der Waals surface area contributed by atoms with Crippen LogP contribution in [-0.4, -0.2) is 38.8 Å². The first-order valence-corrected chi connectivity index (χ1v) is 10.0. The minimum atomic E-state index is -0.286. The van der Waals surface area contributed by atoms with E-state index in [9.17, 15) is 4.79 Å². The second-order valence-corrected chi connectivity index (χ2v) is 7.45. The van der Waals surface area contributed by atoms with E-state index in [1.807, 2.05) is 36.4 Å². The van der Waals surface area contributed by atoms with Crippen LogP contribution in [0.15, 0.2) is 36.4 Å². The Balaban J connectivity index is 1.27. The monoisotopic (exact) mass is 417 g/mol. The molecule has 2 heterocycles. The van der Waals surface area contributed by atoms with E-state index >= 15 is 0 Å². The minimum Gasteiger partial charge on any atom is -0.497 e. The van der Waals surface area contributed by atoms with Crippen LogP contribution in [0, 0.1) is 0 Å². The Labute approximate surface area is 174 Å². The Morgan fingerprint density at radius 3 is 2.79 bits per heavy atom. The molecule has 3 N–H and O–H groups in total. The summed E-state index contributed by atoms with van der Waals surface area (Å²) in [6, 6.07) is 11.4. The third-order valence-corrected chi connectivity index (χ3v) is 5.39. The summed E-state index contributed by atoms with van der Waals surface area (Å²) in [4.78, 5) is 12.5. The number of amides is 1. The molecule has 29 heavy (non-hydrogen) atoms. The van der Waals surface area contributed by atoms with E-state index in [1.165, 1.54) is 0 Å². The molecule has 0 saturated carbocycles. The van der Waals surface area contributed by atoms with Crippen molar-refractivity contribution in [2.75, 3.05) is 26.9 Å². The molecule has 2 aliphatic heterocycles. The summed E-state index contributed by atoms with van der Waals surface area (Å²) in [7, 11) is 1.64. The number of rotatable bonds is 6. The largest absolute Gasteiger partial charge is 0.497 e. The predicted octanol–water partition coefficient (Wildman–Crippen LogP) is 2.39. The van der Waals surface area contributed by atoms with Gasteiger partial charge in [-0.05, 0) is 48.2 Å². The molecule has 0 spiro atoms. The van der Waals surface area contributed by atoms with Gasteiger partial charge in [0.25, 0.3) is 0 Å². The normalized spacial score (nSPS) is 20.3. The van der Waals surface area contributed by atoms with Crippen LogP contribution in [0.25, 0.3) is 0 Å². The van der Waals surface area contributed by atoms with Crippen LogP contribution in [0.5, 0.6) is 17.2 Å². The maximum Gasteiger partial charge on any atom is 0.238 e. The lowest BCUT2D eigenvalue weighted by Crippen LogP contribution is -2.43. The average Bonchev–Trinajstić information content (AvgIpc) is 3.24. The number of hydrazine groups is 1. The van der Waals surface area contributed by atoms with Crippen molar-refractivity contribution < 1.29 is 19.0 Å². The maximum absolute atomic E-state index is 12.5. The van der Waals surface area contributed by atoms with Crippen LogP contribution in [0.1, 0.15) is 23.6 Å². The van der Waals surface area contributed by atoms with E-state index in [4.69, 9.17) is 25.8 Å². The van der Waals surface area contributed by atoms with E-state index < -0.39 is 0 Å². The molecule has 0 radical (unpaired) electrons. The number of hydrogen-bond donors (Lipinski definition) is 3. The Hall–Kier alpha value is -2.48. The molecular formula is C21H24ClN3O4. The molecular weight excluding hydrogens is 394 g/mol. The Morgan fingerprint density at radius 1 is 1.21 bits per heavy atom. The maximum atomic E-state index is 12.5. The molecule has 0 aromatic heterocycles. The van der Waals surface area contributed by atoms with Gasteiger partial charge in [-0.2, -0.15) is 0 Å². The summed E-state index contributed by atoms with van der Waals surface area (Å²) < 4.78 is 16.3. The van der Waals surface area contributed by atoms with Crippen LogP contribution >= 0.6 is 11.6 Å². The molecule has 7 nitrogen and oxygen atoms in total. The van der Waals surface area contributed by atoms with Crippen molar-refractivity contribution in [1.82, 2.24) is 16.2 Å². The van der Waals surface area contributed by atoms with Crippen molar-refractivity contribution >= 4 is 17.5 Å². The van der Waals surface area contributed by atoms with Gasteiger partial charge in [-0.3, -0.25) is 4.79 Å². The summed E-state index contributed by atoms with van der Waals surface area (Å²) in [5.41, 5.74) is 8.38. The topological polar surface area (TPSA) is 80.9 Å². The van der Waals surface area contributed by atoms with Gasteiger partial charge in [-0.25, -0.2) is 10.9 Å². The minimum absolute atomic E-state index is 0.0304. The van der Waals surface area contributed by atoms with Gasteiger partial charge in [-0.15, -0.1) is 0 Å². The second-order valence-electron chi connectivity index (χ2n) is 7.05. The third kappa shape index (κ3) is 4.58. The number of methoxy groups -OCH3 is 1. The molecule has 2 aromatic carbocycles. The van der Waals surface area contributed by atoms with Crippen LogP contribution in [-0.2, 0) is 11.2 Å². The van der Waals surface area contributed by atoms with Crippen LogP contribution < -0.4 is 30.4 Å². The molecule has 2 unspecified atom stereocenters. The molecule has 2 aliphatic rings. The van der Waals surface area contributed by atoms with Gasteiger partial charge in [0.2, 0.25) is 5.91 Å². The SMILES string of the molecule is COc1ccc(C2CC(C(=O)NCCc3cc(Cl)c4c(c3)OCCO4)NN2)cc1. The van der Waals surface area contributed by atoms with Gasteiger partial charge in [0, 0.05) is 12.6 Å². The van der Waals surface area contributed by atoms with Crippen LogP contribution in [0.4, 0.5) is 0 Å². The molecule has 1 amide bonds. The summed E-state index contributed by atoms with van der Waals surface area (Å²) >= 11 is 6.27. The average molecular weight is 418 g/mol. The lowest BCUT2D eigenvalue weighted by atomic mass is 10.0. The first kappa shape index (κ1) is 19.8. The molecule has 0 bridgehead atoms. The second kappa shape index (κ2) is 8.90. The summed E-state index contributed by atoms with van der Waals surface area (Å²) in [6.45, 7) is 1.53. The van der Waals surface area contributed by atoms with Gasteiger partial charge in [0.1, 0.15) is 25.0 Å². The molecule has 0 aliphatic carbocycles. The van der Waals surface area contributed by atoms with Crippen molar-refractivity contribution in [3.05, 3.63) is 52.5 Å². The quantitative estimate of drug-likeness (QED) is 0.669. The van der Waals surface area contributed by atoms with E-state index in [0.29, 0.717) is 49.1 Å². The standard InChI is InChI=1S/C21H24ClN3O4/c1-27-15-4-2-14(3-5-15)17-12-18(25-24-17)21(26)23-7-6-13-10-16(22)20-19(11-13)28-8-9-29-20/h2-5,10-11,17-18,24-25H,6-9,12H2,1H3,(H,23,26). The zero-order valence-electron chi connectivity index (χ0n) is 16.2. The van der Waals surface area contributed by atoms with Gasteiger partial charge < -0.3 is 19.5 Å². The van der Waals surface area contributed by atoms with Gasteiger partial charge in [0.05, 0.1) is 12.1 Å². The predicted molar refractivity (Wildman–Crippen MR) is 110 cm³/mol. The first-order valence-electron chi connectivity index (χ1n) is 9.65. The lowest BCUT2D eigenvalue weighted by molar-refractivity contribution is -0.122. The summed E-state index contributed by atoms with van der Waals surface area (Å²) in [6.07, 6.45) is 1.33. The zero-order valence-corrected chi connectivity index (χ0v) is 16.9. The summed E-state index contributed by atoms with van der Waals surface area (Å²) in [5, 5.41) is 3.52. The smallest absolute Gasteiger partial charge is 0.238 e. The first-order chi connectivity index (χ1) is 14.1.